The number of benzene rings is 2. The fourth-order valence-electron chi connectivity index (χ4n) is 4.86. The Morgan fingerprint density at radius 2 is 1.70 bits per heavy atom. The van der Waals surface area contributed by atoms with Gasteiger partial charge in [0.2, 0.25) is 9.84 Å². The standard InChI is InChI=1S/C21H22N2O2S.ClH/c1-22-14-8-10-19(22)21-17-13-16(9-11-18(17)23(2)20(21)12-14)26(24,25)15-6-4-3-5-7-15;/h3-7,9,11,13-14,19H,8,10,12H2,1-2H3;1H. The Morgan fingerprint density at radius 3 is 2.44 bits per heavy atom. The Kier molecular flexibility index (Phi) is 4.37. The number of aryl methyl sites for hydroxylation is 1. The highest BCUT2D eigenvalue weighted by atomic mass is 35.5. The molecular formula is C21H23ClN2O2S. The van der Waals surface area contributed by atoms with Crippen LogP contribution in [0.3, 0.4) is 0 Å². The van der Waals surface area contributed by atoms with Crippen LogP contribution in [-0.2, 0) is 23.3 Å². The summed E-state index contributed by atoms with van der Waals surface area (Å²) in [7, 11) is 0.814. The lowest BCUT2D eigenvalue weighted by Crippen LogP contribution is -2.34. The molecule has 2 aliphatic heterocycles. The van der Waals surface area contributed by atoms with Crippen LogP contribution < -0.4 is 0 Å². The summed E-state index contributed by atoms with van der Waals surface area (Å²) in [5.74, 6) is 0. The monoisotopic (exact) mass is 402 g/mol. The van der Waals surface area contributed by atoms with Gasteiger partial charge in [-0.3, -0.25) is 4.90 Å². The van der Waals surface area contributed by atoms with Crippen molar-refractivity contribution in [2.24, 2.45) is 7.05 Å². The van der Waals surface area contributed by atoms with E-state index in [9.17, 15) is 8.42 Å². The SMILES string of the molecule is CN1C2CCC1c1c(n(C)c3ccc(S(=O)(=O)c4ccccc4)cc13)C2.Cl. The number of likely N-dealkylation sites (N-methyl/N-ethyl adjacent to an activating group) is 1. The maximum absolute atomic E-state index is 13.1. The molecule has 6 heteroatoms. The molecule has 0 aliphatic carbocycles. The van der Waals surface area contributed by atoms with Gasteiger partial charge in [-0.15, -0.1) is 12.4 Å². The Morgan fingerprint density at radius 1 is 0.963 bits per heavy atom. The number of halogens is 1. The molecule has 1 fully saturated rings. The van der Waals surface area contributed by atoms with Gasteiger partial charge in [-0.1, -0.05) is 18.2 Å². The van der Waals surface area contributed by atoms with Gasteiger partial charge in [0.05, 0.1) is 9.79 Å². The van der Waals surface area contributed by atoms with Gasteiger partial charge in [-0.2, -0.15) is 0 Å². The average molecular weight is 403 g/mol. The van der Waals surface area contributed by atoms with Crippen molar-refractivity contribution in [3.63, 3.8) is 0 Å². The van der Waals surface area contributed by atoms with Crippen molar-refractivity contribution in [3.8, 4) is 0 Å². The van der Waals surface area contributed by atoms with Crippen LogP contribution in [0.2, 0.25) is 0 Å². The molecule has 3 aromatic rings. The molecule has 2 atom stereocenters. The van der Waals surface area contributed by atoms with Crippen LogP contribution in [0.25, 0.3) is 10.9 Å². The molecule has 0 N–H and O–H groups in total. The summed E-state index contributed by atoms with van der Waals surface area (Å²) in [6.45, 7) is 0. The molecule has 2 bridgehead atoms. The summed E-state index contributed by atoms with van der Waals surface area (Å²) in [5, 5.41) is 1.09. The van der Waals surface area contributed by atoms with Crippen LogP contribution >= 0.6 is 12.4 Å². The number of rotatable bonds is 2. The molecule has 2 aromatic carbocycles. The minimum atomic E-state index is -3.50. The zero-order valence-corrected chi connectivity index (χ0v) is 17.1. The number of hydrogen-bond acceptors (Lipinski definition) is 3. The van der Waals surface area contributed by atoms with E-state index in [4.69, 9.17) is 0 Å². The molecule has 1 aromatic heterocycles. The number of aromatic nitrogens is 1. The lowest BCUT2D eigenvalue weighted by molar-refractivity contribution is 0.222. The van der Waals surface area contributed by atoms with E-state index in [0.717, 1.165) is 23.7 Å². The normalized spacial score (nSPS) is 21.9. The fraction of sp³-hybridized carbons (Fsp3) is 0.333. The molecular weight excluding hydrogens is 380 g/mol. The van der Waals surface area contributed by atoms with Gasteiger partial charge in [0, 0.05) is 42.1 Å². The zero-order valence-electron chi connectivity index (χ0n) is 15.4. The summed E-state index contributed by atoms with van der Waals surface area (Å²) >= 11 is 0. The van der Waals surface area contributed by atoms with E-state index in [-0.39, 0.29) is 12.4 Å². The highest BCUT2D eigenvalue weighted by molar-refractivity contribution is 7.91. The average Bonchev–Trinajstić information content (AvgIpc) is 3.06. The molecule has 0 amide bonds. The Labute approximate surface area is 166 Å². The van der Waals surface area contributed by atoms with Gasteiger partial charge < -0.3 is 4.57 Å². The summed E-state index contributed by atoms with van der Waals surface area (Å²) in [5.41, 5.74) is 3.84. The first-order valence-corrected chi connectivity index (χ1v) is 10.6. The molecule has 2 aliphatic rings. The van der Waals surface area contributed by atoms with Crippen molar-refractivity contribution in [1.29, 1.82) is 0 Å². The Bertz CT molecular complexity index is 1120. The summed E-state index contributed by atoms with van der Waals surface area (Å²) in [4.78, 5) is 3.20. The summed E-state index contributed by atoms with van der Waals surface area (Å²) in [6, 6.07) is 15.3. The predicted molar refractivity (Wildman–Crippen MR) is 109 cm³/mol. The van der Waals surface area contributed by atoms with Gasteiger partial charge in [0.1, 0.15) is 0 Å². The van der Waals surface area contributed by atoms with Crippen molar-refractivity contribution in [2.75, 3.05) is 7.05 Å². The maximum atomic E-state index is 13.1. The molecule has 5 rings (SSSR count). The van der Waals surface area contributed by atoms with Crippen LogP contribution in [0, 0.1) is 0 Å². The maximum Gasteiger partial charge on any atom is 0.206 e. The smallest absolute Gasteiger partial charge is 0.206 e. The molecule has 0 spiro atoms. The quantitative estimate of drug-likeness (QED) is 0.647. The summed E-state index contributed by atoms with van der Waals surface area (Å²) < 4.78 is 28.4. The van der Waals surface area contributed by atoms with E-state index < -0.39 is 9.84 Å². The van der Waals surface area contributed by atoms with Crippen LogP contribution in [0.5, 0.6) is 0 Å². The number of hydrogen-bond donors (Lipinski definition) is 0. The van der Waals surface area contributed by atoms with Crippen LogP contribution in [0.4, 0.5) is 0 Å². The van der Waals surface area contributed by atoms with Crippen molar-refractivity contribution in [2.45, 2.75) is 41.1 Å². The van der Waals surface area contributed by atoms with Crippen molar-refractivity contribution >= 4 is 33.1 Å². The highest BCUT2D eigenvalue weighted by Gasteiger charge is 2.40. The molecule has 1 saturated heterocycles. The predicted octanol–water partition coefficient (Wildman–Crippen LogP) is 4.12. The third-order valence-electron chi connectivity index (χ3n) is 6.30. The number of nitrogens with zero attached hydrogens (tertiary/aromatic N) is 2. The second-order valence-electron chi connectivity index (χ2n) is 7.53. The molecule has 142 valence electrons. The molecule has 0 radical (unpaired) electrons. The third kappa shape index (κ3) is 2.56. The minimum Gasteiger partial charge on any atom is -0.347 e. The van der Waals surface area contributed by atoms with Gasteiger partial charge in [0.15, 0.2) is 0 Å². The lowest BCUT2D eigenvalue weighted by Gasteiger charge is -2.32. The zero-order chi connectivity index (χ0) is 18.1. The van der Waals surface area contributed by atoms with Gasteiger partial charge in [-0.05, 0) is 55.8 Å². The van der Waals surface area contributed by atoms with Gasteiger partial charge >= 0.3 is 0 Å². The highest BCUT2D eigenvalue weighted by Crippen LogP contribution is 2.46. The first kappa shape index (κ1) is 18.5. The van der Waals surface area contributed by atoms with Crippen molar-refractivity contribution < 1.29 is 8.42 Å². The summed E-state index contributed by atoms with van der Waals surface area (Å²) in [6.07, 6.45) is 3.43. The van der Waals surface area contributed by atoms with Gasteiger partial charge in [0.25, 0.3) is 0 Å². The number of fused-ring (bicyclic) bond motifs is 6. The largest absolute Gasteiger partial charge is 0.347 e. The van der Waals surface area contributed by atoms with Crippen LogP contribution in [0.1, 0.15) is 30.1 Å². The number of sulfone groups is 1. The minimum absolute atomic E-state index is 0. The van der Waals surface area contributed by atoms with E-state index in [1.165, 1.54) is 17.7 Å². The molecule has 27 heavy (non-hydrogen) atoms. The van der Waals surface area contributed by atoms with Crippen LogP contribution in [-0.4, -0.2) is 31.0 Å². The molecule has 0 saturated carbocycles. The second kappa shape index (κ2) is 6.36. The first-order valence-electron chi connectivity index (χ1n) is 9.12. The van der Waals surface area contributed by atoms with Crippen molar-refractivity contribution in [1.82, 2.24) is 9.47 Å². The second-order valence-corrected chi connectivity index (χ2v) is 9.48. The third-order valence-corrected chi connectivity index (χ3v) is 8.07. The topological polar surface area (TPSA) is 42.3 Å². The van der Waals surface area contributed by atoms with E-state index in [1.807, 2.05) is 18.2 Å². The van der Waals surface area contributed by atoms with Crippen molar-refractivity contribution in [3.05, 3.63) is 59.8 Å². The Hall–Kier alpha value is -1.82. The molecule has 3 heterocycles. The molecule has 2 unspecified atom stereocenters. The van der Waals surface area contributed by atoms with E-state index >= 15 is 0 Å². The van der Waals surface area contributed by atoms with Gasteiger partial charge in [-0.25, -0.2) is 8.42 Å². The van der Waals surface area contributed by atoms with E-state index in [0.29, 0.717) is 21.9 Å². The van der Waals surface area contributed by atoms with E-state index in [1.54, 1.807) is 30.3 Å². The van der Waals surface area contributed by atoms with E-state index in [2.05, 4.69) is 23.6 Å². The fourth-order valence-corrected chi connectivity index (χ4v) is 6.16. The lowest BCUT2D eigenvalue weighted by atomic mass is 9.97. The Balaban J connectivity index is 0.00000180. The van der Waals surface area contributed by atoms with Crippen LogP contribution in [0.15, 0.2) is 58.3 Å². The molecule has 4 nitrogen and oxygen atoms in total. The first-order chi connectivity index (χ1) is 12.5.